The summed E-state index contributed by atoms with van der Waals surface area (Å²) in [6, 6.07) is 8.11. The van der Waals surface area contributed by atoms with Gasteiger partial charge in [0.15, 0.2) is 6.10 Å². The standard InChI is InChI=1S/C24H22F3N3O3S/c25-24(26,27)15-5-1-4-14(12-15)19(31)21(33)30-10-2-6-17-16(13-30)20(32)29-22(28-17)23(8-9-23)18-7-3-11-34-18/h1,3-5,7,11-12,19,31H,2,6,8-10,13H2,(H,28,29,32)/t19-/m1/s1. The number of carbonyl (C=O) groups excluding carboxylic acids is 1. The second-order valence-corrected chi connectivity index (χ2v) is 9.74. The van der Waals surface area contributed by atoms with Crippen LogP contribution in [0.5, 0.6) is 0 Å². The molecule has 0 bridgehead atoms. The zero-order valence-electron chi connectivity index (χ0n) is 18.1. The molecular weight excluding hydrogens is 467 g/mol. The number of carbonyl (C=O) groups is 1. The molecule has 1 atom stereocenters. The Balaban J connectivity index is 1.40. The number of benzene rings is 1. The Hall–Kier alpha value is -2.98. The first-order valence-electron chi connectivity index (χ1n) is 11.0. The van der Waals surface area contributed by atoms with E-state index in [9.17, 15) is 27.9 Å². The normalized spacial score (nSPS) is 18.2. The number of aromatic amines is 1. The minimum absolute atomic E-state index is 0.0567. The summed E-state index contributed by atoms with van der Waals surface area (Å²) >= 11 is 1.63. The number of nitrogens with zero attached hydrogens (tertiary/aromatic N) is 2. The van der Waals surface area contributed by atoms with E-state index in [1.807, 2.05) is 17.5 Å². The van der Waals surface area contributed by atoms with Crippen molar-refractivity contribution in [3.63, 3.8) is 0 Å². The predicted molar refractivity (Wildman–Crippen MR) is 119 cm³/mol. The number of hydrogen-bond donors (Lipinski definition) is 2. The second-order valence-electron chi connectivity index (χ2n) is 8.79. The molecular formula is C24H22F3N3O3S. The van der Waals surface area contributed by atoms with Gasteiger partial charge in [-0.15, -0.1) is 11.3 Å². The first-order valence-corrected chi connectivity index (χ1v) is 11.9. The number of nitrogens with one attached hydrogen (secondary N) is 1. The van der Waals surface area contributed by atoms with E-state index >= 15 is 0 Å². The molecule has 3 aromatic rings. The molecule has 178 valence electrons. The van der Waals surface area contributed by atoms with Crippen LogP contribution in [-0.2, 0) is 29.4 Å². The number of aliphatic hydroxyl groups excluding tert-OH is 1. The van der Waals surface area contributed by atoms with Crippen molar-refractivity contribution in [1.82, 2.24) is 14.9 Å². The molecule has 10 heteroatoms. The Bertz CT molecular complexity index is 1280. The van der Waals surface area contributed by atoms with Crippen molar-refractivity contribution in [1.29, 1.82) is 0 Å². The van der Waals surface area contributed by atoms with Gasteiger partial charge in [-0.2, -0.15) is 13.2 Å². The number of thiophene rings is 1. The van der Waals surface area contributed by atoms with E-state index in [-0.39, 0.29) is 29.6 Å². The molecule has 5 rings (SSSR count). The number of aliphatic hydroxyl groups is 1. The predicted octanol–water partition coefficient (Wildman–Crippen LogP) is 3.94. The average molecular weight is 490 g/mol. The van der Waals surface area contributed by atoms with Crippen LogP contribution in [0.1, 0.15) is 58.5 Å². The lowest BCUT2D eigenvalue weighted by Crippen LogP contribution is -2.36. The Morgan fingerprint density at radius 1 is 1.24 bits per heavy atom. The number of rotatable bonds is 4. The molecule has 1 aliphatic carbocycles. The third-order valence-corrected chi connectivity index (χ3v) is 7.64. The van der Waals surface area contributed by atoms with E-state index in [1.54, 1.807) is 11.3 Å². The van der Waals surface area contributed by atoms with E-state index in [0.29, 0.717) is 29.9 Å². The van der Waals surface area contributed by atoms with Gasteiger partial charge in [0.25, 0.3) is 11.5 Å². The molecule has 1 saturated carbocycles. The number of hydrogen-bond acceptors (Lipinski definition) is 5. The molecule has 1 aromatic carbocycles. The van der Waals surface area contributed by atoms with Crippen LogP contribution >= 0.6 is 11.3 Å². The molecule has 0 radical (unpaired) electrons. The molecule has 1 amide bonds. The molecule has 34 heavy (non-hydrogen) atoms. The van der Waals surface area contributed by atoms with E-state index < -0.39 is 23.8 Å². The topological polar surface area (TPSA) is 86.3 Å². The summed E-state index contributed by atoms with van der Waals surface area (Å²) in [6.45, 7) is 0.203. The zero-order chi connectivity index (χ0) is 24.1. The van der Waals surface area contributed by atoms with Crippen LogP contribution < -0.4 is 5.56 Å². The molecule has 2 N–H and O–H groups in total. The van der Waals surface area contributed by atoms with E-state index in [4.69, 9.17) is 4.98 Å². The van der Waals surface area contributed by atoms with Crippen molar-refractivity contribution in [2.45, 2.75) is 49.9 Å². The van der Waals surface area contributed by atoms with Gasteiger partial charge in [-0.3, -0.25) is 9.59 Å². The molecule has 1 aliphatic heterocycles. The van der Waals surface area contributed by atoms with Gasteiger partial charge in [-0.25, -0.2) is 4.98 Å². The summed E-state index contributed by atoms with van der Waals surface area (Å²) in [4.78, 5) is 36.2. The lowest BCUT2D eigenvalue weighted by Gasteiger charge is -2.24. The van der Waals surface area contributed by atoms with Crippen LogP contribution in [-0.4, -0.2) is 32.4 Å². The van der Waals surface area contributed by atoms with E-state index in [0.717, 1.165) is 35.9 Å². The molecule has 2 aromatic heterocycles. The van der Waals surface area contributed by atoms with Gasteiger partial charge in [-0.05, 0) is 54.8 Å². The van der Waals surface area contributed by atoms with Gasteiger partial charge in [0.05, 0.1) is 28.8 Å². The SMILES string of the molecule is O=C([C@H](O)c1cccc(C(F)(F)F)c1)N1CCCc2nc(C3(c4cccs4)CC3)[nH]c(=O)c2C1. The van der Waals surface area contributed by atoms with Crippen LogP contribution in [0.25, 0.3) is 0 Å². The number of amides is 1. The second kappa shape index (κ2) is 8.35. The zero-order valence-corrected chi connectivity index (χ0v) is 18.9. The highest BCUT2D eigenvalue weighted by molar-refractivity contribution is 7.10. The Morgan fingerprint density at radius 3 is 2.71 bits per heavy atom. The van der Waals surface area contributed by atoms with Crippen LogP contribution in [0, 0.1) is 0 Å². The smallest absolute Gasteiger partial charge is 0.378 e. The number of alkyl halides is 3. The van der Waals surface area contributed by atoms with Crippen molar-refractivity contribution in [3.05, 3.63) is 85.2 Å². The number of H-pyrrole nitrogens is 1. The maximum Gasteiger partial charge on any atom is 0.416 e. The fourth-order valence-electron chi connectivity index (χ4n) is 4.51. The number of aryl methyl sites for hydroxylation is 1. The third kappa shape index (κ3) is 4.05. The summed E-state index contributed by atoms with van der Waals surface area (Å²) in [7, 11) is 0. The van der Waals surface area contributed by atoms with Crippen molar-refractivity contribution in [2.75, 3.05) is 6.54 Å². The van der Waals surface area contributed by atoms with Gasteiger partial charge >= 0.3 is 6.18 Å². The van der Waals surface area contributed by atoms with Crippen molar-refractivity contribution < 1.29 is 23.1 Å². The van der Waals surface area contributed by atoms with E-state index in [2.05, 4.69) is 4.98 Å². The average Bonchev–Trinajstić information content (AvgIpc) is 3.50. The summed E-state index contributed by atoms with van der Waals surface area (Å²) in [5.41, 5.74) is -0.678. The maximum absolute atomic E-state index is 13.0. The lowest BCUT2D eigenvalue weighted by atomic mass is 10.0. The highest BCUT2D eigenvalue weighted by Gasteiger charge is 2.49. The van der Waals surface area contributed by atoms with E-state index in [1.165, 1.54) is 11.0 Å². The molecule has 3 heterocycles. The molecule has 0 spiro atoms. The third-order valence-electron chi connectivity index (χ3n) is 6.56. The molecule has 0 unspecified atom stereocenters. The monoisotopic (exact) mass is 489 g/mol. The summed E-state index contributed by atoms with van der Waals surface area (Å²) in [6.07, 6.45) is -3.51. The Labute approximate surface area is 197 Å². The maximum atomic E-state index is 13.0. The van der Waals surface area contributed by atoms with Crippen LogP contribution in [0.15, 0.2) is 46.6 Å². The fourth-order valence-corrected chi connectivity index (χ4v) is 5.50. The molecule has 2 aliphatic rings. The molecule has 0 saturated heterocycles. The molecule has 6 nitrogen and oxygen atoms in total. The minimum Gasteiger partial charge on any atom is -0.378 e. The van der Waals surface area contributed by atoms with Gasteiger partial charge in [-0.1, -0.05) is 18.2 Å². The number of fused-ring (bicyclic) bond motifs is 1. The van der Waals surface area contributed by atoms with Gasteiger partial charge in [0.1, 0.15) is 5.82 Å². The van der Waals surface area contributed by atoms with Gasteiger partial charge < -0.3 is 15.0 Å². The van der Waals surface area contributed by atoms with Crippen molar-refractivity contribution in [2.24, 2.45) is 0 Å². The van der Waals surface area contributed by atoms with Gasteiger partial charge in [0.2, 0.25) is 0 Å². The highest BCUT2D eigenvalue weighted by Crippen LogP contribution is 2.53. The van der Waals surface area contributed by atoms with Crippen LogP contribution in [0.2, 0.25) is 0 Å². The first kappa shape index (κ1) is 22.8. The van der Waals surface area contributed by atoms with Crippen LogP contribution in [0.3, 0.4) is 0 Å². The summed E-state index contributed by atoms with van der Waals surface area (Å²) in [5, 5.41) is 12.5. The quantitative estimate of drug-likeness (QED) is 0.581. The lowest BCUT2D eigenvalue weighted by molar-refractivity contribution is -0.142. The first-order chi connectivity index (χ1) is 16.2. The molecule has 1 fully saturated rings. The Kier molecular flexibility index (Phi) is 5.60. The minimum atomic E-state index is -4.58. The van der Waals surface area contributed by atoms with Crippen molar-refractivity contribution in [3.8, 4) is 0 Å². The largest absolute Gasteiger partial charge is 0.416 e. The van der Waals surface area contributed by atoms with Gasteiger partial charge in [0, 0.05) is 11.4 Å². The fraction of sp³-hybridized carbons (Fsp3) is 0.375. The summed E-state index contributed by atoms with van der Waals surface area (Å²) in [5.74, 6) is -0.102. The highest BCUT2D eigenvalue weighted by atomic mass is 32.1. The Morgan fingerprint density at radius 2 is 2.03 bits per heavy atom. The summed E-state index contributed by atoms with van der Waals surface area (Å²) < 4.78 is 39.1. The van der Waals surface area contributed by atoms with Crippen LogP contribution in [0.4, 0.5) is 13.2 Å². The number of aromatic nitrogens is 2. The number of halogens is 3. The van der Waals surface area contributed by atoms with Crippen molar-refractivity contribution >= 4 is 17.2 Å².